The van der Waals surface area contributed by atoms with E-state index in [4.69, 9.17) is 5.73 Å². The second-order valence-electron chi connectivity index (χ2n) is 7.31. The van der Waals surface area contributed by atoms with E-state index >= 15 is 0 Å². The van der Waals surface area contributed by atoms with E-state index < -0.39 is 5.54 Å². The first-order valence-corrected chi connectivity index (χ1v) is 8.78. The topological polar surface area (TPSA) is 58.4 Å². The lowest BCUT2D eigenvalue weighted by atomic mass is 9.84. The molecule has 1 heterocycles. The molecule has 0 aromatic rings. The molecule has 1 saturated carbocycles. The zero-order valence-corrected chi connectivity index (χ0v) is 14.0. The summed E-state index contributed by atoms with van der Waals surface area (Å²) >= 11 is 0. The summed E-state index contributed by atoms with van der Waals surface area (Å²) in [6.45, 7) is 8.39. The molecule has 122 valence electrons. The highest BCUT2D eigenvalue weighted by atomic mass is 16.1. The van der Waals surface area contributed by atoms with Crippen molar-refractivity contribution in [3.8, 4) is 0 Å². The lowest BCUT2D eigenvalue weighted by Crippen LogP contribution is -2.57. The van der Waals surface area contributed by atoms with Gasteiger partial charge in [0.1, 0.15) is 0 Å². The SMILES string of the molecule is CCCNC(C)(CC(C)N1CCC2CCCCC21)C(N)=O. The van der Waals surface area contributed by atoms with Gasteiger partial charge >= 0.3 is 0 Å². The number of carbonyl (C=O) groups is 1. The van der Waals surface area contributed by atoms with Crippen molar-refractivity contribution < 1.29 is 4.79 Å². The summed E-state index contributed by atoms with van der Waals surface area (Å²) in [5.74, 6) is 0.673. The average molecular weight is 295 g/mol. The van der Waals surface area contributed by atoms with Crippen LogP contribution in [0.1, 0.15) is 65.7 Å². The second kappa shape index (κ2) is 7.10. The Bertz CT molecular complexity index is 360. The van der Waals surface area contributed by atoms with Crippen molar-refractivity contribution >= 4 is 5.91 Å². The minimum absolute atomic E-state index is 0.220. The van der Waals surface area contributed by atoms with Crippen LogP contribution in [0.15, 0.2) is 0 Å². The third-order valence-electron chi connectivity index (χ3n) is 5.63. The Hall–Kier alpha value is -0.610. The zero-order chi connectivity index (χ0) is 15.5. The van der Waals surface area contributed by atoms with E-state index in [2.05, 4.69) is 24.1 Å². The van der Waals surface area contributed by atoms with E-state index in [1.165, 1.54) is 38.6 Å². The fraction of sp³-hybridized carbons (Fsp3) is 0.941. The quantitative estimate of drug-likeness (QED) is 0.757. The fourth-order valence-corrected chi connectivity index (χ4v) is 4.36. The number of amides is 1. The first-order valence-electron chi connectivity index (χ1n) is 8.78. The molecular weight excluding hydrogens is 262 g/mol. The highest BCUT2D eigenvalue weighted by molar-refractivity contribution is 5.84. The first kappa shape index (κ1) is 16.8. The van der Waals surface area contributed by atoms with E-state index in [0.29, 0.717) is 6.04 Å². The van der Waals surface area contributed by atoms with Gasteiger partial charge in [-0.15, -0.1) is 0 Å². The maximum absolute atomic E-state index is 11.9. The van der Waals surface area contributed by atoms with Crippen molar-refractivity contribution in [3.63, 3.8) is 0 Å². The molecule has 0 spiro atoms. The monoisotopic (exact) mass is 295 g/mol. The molecule has 4 nitrogen and oxygen atoms in total. The Morgan fingerprint density at radius 2 is 2.10 bits per heavy atom. The number of hydrogen-bond donors (Lipinski definition) is 2. The van der Waals surface area contributed by atoms with Gasteiger partial charge in [0.05, 0.1) is 5.54 Å². The van der Waals surface area contributed by atoms with E-state index in [1.807, 2.05) is 6.92 Å². The molecule has 4 unspecified atom stereocenters. The molecule has 1 aliphatic heterocycles. The van der Waals surface area contributed by atoms with Gasteiger partial charge in [0.15, 0.2) is 0 Å². The molecule has 0 aromatic carbocycles. The molecule has 21 heavy (non-hydrogen) atoms. The van der Waals surface area contributed by atoms with Crippen molar-refractivity contribution in [2.75, 3.05) is 13.1 Å². The lowest BCUT2D eigenvalue weighted by molar-refractivity contribution is -0.124. The number of carbonyl (C=O) groups excluding carboxylic acids is 1. The van der Waals surface area contributed by atoms with Gasteiger partial charge in [0.25, 0.3) is 0 Å². The van der Waals surface area contributed by atoms with E-state index in [1.54, 1.807) is 0 Å². The molecule has 2 fully saturated rings. The van der Waals surface area contributed by atoms with Gasteiger partial charge in [0.2, 0.25) is 5.91 Å². The molecule has 2 rings (SSSR count). The molecule has 0 bridgehead atoms. The first-order chi connectivity index (χ1) is 9.98. The van der Waals surface area contributed by atoms with Gasteiger partial charge in [0, 0.05) is 12.1 Å². The van der Waals surface area contributed by atoms with E-state index in [0.717, 1.165) is 31.3 Å². The van der Waals surface area contributed by atoms with Crippen LogP contribution >= 0.6 is 0 Å². The third kappa shape index (κ3) is 3.78. The highest BCUT2D eigenvalue weighted by Gasteiger charge is 2.41. The summed E-state index contributed by atoms with van der Waals surface area (Å²) in [5.41, 5.74) is 5.09. The molecule has 4 heteroatoms. The van der Waals surface area contributed by atoms with Crippen LogP contribution < -0.4 is 11.1 Å². The summed E-state index contributed by atoms with van der Waals surface area (Å²) in [7, 11) is 0. The molecule has 4 atom stereocenters. The van der Waals surface area contributed by atoms with Gasteiger partial charge in [-0.25, -0.2) is 0 Å². The number of rotatable bonds is 7. The van der Waals surface area contributed by atoms with Crippen LogP contribution in [0.5, 0.6) is 0 Å². The van der Waals surface area contributed by atoms with Crippen molar-refractivity contribution in [1.82, 2.24) is 10.2 Å². The summed E-state index contributed by atoms with van der Waals surface area (Å²) in [5, 5.41) is 3.37. The minimum Gasteiger partial charge on any atom is -0.368 e. The minimum atomic E-state index is -0.581. The number of fused-ring (bicyclic) bond motifs is 1. The largest absolute Gasteiger partial charge is 0.368 e. The summed E-state index contributed by atoms with van der Waals surface area (Å²) in [4.78, 5) is 14.6. The molecule has 0 aromatic heterocycles. The normalized spacial score (nSPS) is 30.6. The van der Waals surface area contributed by atoms with Gasteiger partial charge in [-0.1, -0.05) is 19.8 Å². The number of nitrogens with two attached hydrogens (primary N) is 1. The smallest absolute Gasteiger partial charge is 0.237 e. The number of nitrogens with zero attached hydrogens (tertiary/aromatic N) is 1. The van der Waals surface area contributed by atoms with Crippen molar-refractivity contribution in [2.45, 2.75) is 83.3 Å². The zero-order valence-electron chi connectivity index (χ0n) is 14.0. The number of nitrogens with one attached hydrogen (secondary N) is 1. The Balaban J connectivity index is 1.98. The van der Waals surface area contributed by atoms with E-state index in [-0.39, 0.29) is 5.91 Å². The Kier molecular flexibility index (Phi) is 5.67. The van der Waals surface area contributed by atoms with Crippen LogP contribution in [-0.2, 0) is 4.79 Å². The molecular formula is C17H33N3O. The summed E-state index contributed by atoms with van der Waals surface area (Å²) < 4.78 is 0. The van der Waals surface area contributed by atoms with Crippen LogP contribution in [0.25, 0.3) is 0 Å². The number of primary amides is 1. The predicted molar refractivity (Wildman–Crippen MR) is 87.0 cm³/mol. The maximum Gasteiger partial charge on any atom is 0.237 e. The Morgan fingerprint density at radius 1 is 1.38 bits per heavy atom. The Labute approximate surface area is 129 Å². The summed E-state index contributed by atoms with van der Waals surface area (Å²) in [6.07, 6.45) is 8.67. The van der Waals surface area contributed by atoms with Crippen LogP contribution in [-0.4, -0.2) is 41.5 Å². The molecule has 3 N–H and O–H groups in total. The maximum atomic E-state index is 11.9. The number of likely N-dealkylation sites (tertiary alicyclic amines) is 1. The Morgan fingerprint density at radius 3 is 2.76 bits per heavy atom. The third-order valence-corrected chi connectivity index (χ3v) is 5.63. The van der Waals surface area contributed by atoms with Crippen molar-refractivity contribution in [1.29, 1.82) is 0 Å². The van der Waals surface area contributed by atoms with Crippen LogP contribution in [0.4, 0.5) is 0 Å². The standard InChI is InChI=1S/C17H33N3O/c1-4-10-19-17(3,16(18)21)12-13(2)20-11-9-14-7-5-6-8-15(14)20/h13-15,19H,4-12H2,1-3H3,(H2,18,21). The van der Waals surface area contributed by atoms with Crippen molar-refractivity contribution in [3.05, 3.63) is 0 Å². The highest BCUT2D eigenvalue weighted by Crippen LogP contribution is 2.38. The molecule has 1 aliphatic carbocycles. The predicted octanol–water partition coefficient (Wildman–Crippen LogP) is 2.27. The average Bonchev–Trinajstić information content (AvgIpc) is 2.89. The van der Waals surface area contributed by atoms with Crippen LogP contribution in [0.3, 0.4) is 0 Å². The van der Waals surface area contributed by atoms with E-state index in [9.17, 15) is 4.79 Å². The fourth-order valence-electron chi connectivity index (χ4n) is 4.36. The van der Waals surface area contributed by atoms with Crippen LogP contribution in [0.2, 0.25) is 0 Å². The van der Waals surface area contributed by atoms with Gasteiger partial charge in [-0.2, -0.15) is 0 Å². The van der Waals surface area contributed by atoms with Gasteiger partial charge in [-0.05, 0) is 65.0 Å². The summed E-state index contributed by atoms with van der Waals surface area (Å²) in [6, 6.07) is 1.16. The van der Waals surface area contributed by atoms with Gasteiger partial charge < -0.3 is 11.1 Å². The molecule has 1 amide bonds. The lowest BCUT2D eigenvalue weighted by Gasteiger charge is -2.39. The number of hydrogen-bond acceptors (Lipinski definition) is 3. The second-order valence-corrected chi connectivity index (χ2v) is 7.31. The van der Waals surface area contributed by atoms with Gasteiger partial charge in [-0.3, -0.25) is 9.69 Å². The molecule has 1 saturated heterocycles. The van der Waals surface area contributed by atoms with Crippen molar-refractivity contribution in [2.24, 2.45) is 11.7 Å². The van der Waals surface area contributed by atoms with Crippen LogP contribution in [0, 0.1) is 5.92 Å². The molecule has 2 aliphatic rings. The molecule has 0 radical (unpaired) electrons.